The van der Waals surface area contributed by atoms with Crippen molar-refractivity contribution in [1.29, 1.82) is 0 Å². The third kappa shape index (κ3) is 2.46. The number of anilines is 1. The van der Waals surface area contributed by atoms with Gasteiger partial charge in [0.25, 0.3) is 0 Å². The van der Waals surface area contributed by atoms with Gasteiger partial charge in [0, 0.05) is 32.9 Å². The largest absolute Gasteiger partial charge is 0.397 e. The first-order chi connectivity index (χ1) is 7.29. The van der Waals surface area contributed by atoms with E-state index in [0.29, 0.717) is 6.10 Å². The highest BCUT2D eigenvalue weighted by molar-refractivity contribution is 5.43. The minimum Gasteiger partial charge on any atom is -0.397 e. The maximum Gasteiger partial charge on any atom is 0.0710 e. The Morgan fingerprint density at radius 3 is 3.20 bits per heavy atom. The second kappa shape index (κ2) is 4.59. The van der Waals surface area contributed by atoms with E-state index in [4.69, 9.17) is 10.5 Å². The number of rotatable bonds is 3. The number of aromatic nitrogens is 1. The Morgan fingerprint density at radius 2 is 2.53 bits per heavy atom. The molecule has 0 aliphatic carbocycles. The van der Waals surface area contributed by atoms with Crippen LogP contribution in [0.4, 0.5) is 5.69 Å². The maximum absolute atomic E-state index is 5.85. The summed E-state index contributed by atoms with van der Waals surface area (Å²) < 4.78 is 5.32. The molecule has 1 aromatic rings. The van der Waals surface area contributed by atoms with Gasteiger partial charge in [-0.3, -0.25) is 9.88 Å². The third-order valence-corrected chi connectivity index (χ3v) is 2.90. The Kier molecular flexibility index (Phi) is 3.18. The summed E-state index contributed by atoms with van der Waals surface area (Å²) in [6, 6.07) is 1.98. The number of hydrogen-bond acceptors (Lipinski definition) is 4. The summed E-state index contributed by atoms with van der Waals surface area (Å²) in [5, 5.41) is 0. The Hall–Kier alpha value is -1.13. The molecule has 2 heterocycles. The van der Waals surface area contributed by atoms with Crippen LogP contribution in [0.15, 0.2) is 18.5 Å². The van der Waals surface area contributed by atoms with E-state index in [1.54, 1.807) is 19.5 Å². The van der Waals surface area contributed by atoms with Crippen LogP contribution in [-0.2, 0) is 11.3 Å². The molecular formula is C11H17N3O. The third-order valence-electron chi connectivity index (χ3n) is 2.90. The molecule has 0 aromatic carbocycles. The van der Waals surface area contributed by atoms with Crippen molar-refractivity contribution in [2.45, 2.75) is 19.1 Å². The van der Waals surface area contributed by atoms with Crippen molar-refractivity contribution in [2.24, 2.45) is 0 Å². The average Bonchev–Trinajstić information content (AvgIpc) is 2.69. The van der Waals surface area contributed by atoms with Crippen molar-refractivity contribution < 1.29 is 4.74 Å². The van der Waals surface area contributed by atoms with Gasteiger partial charge in [0.2, 0.25) is 0 Å². The van der Waals surface area contributed by atoms with E-state index in [2.05, 4.69) is 9.88 Å². The molecule has 1 saturated heterocycles. The van der Waals surface area contributed by atoms with Crippen LogP contribution in [0.2, 0.25) is 0 Å². The molecule has 1 aliphatic rings. The minimum absolute atomic E-state index is 0.382. The van der Waals surface area contributed by atoms with Crippen LogP contribution in [0.25, 0.3) is 0 Å². The molecule has 0 bridgehead atoms. The van der Waals surface area contributed by atoms with Gasteiger partial charge in [-0.15, -0.1) is 0 Å². The molecule has 1 aromatic heterocycles. The SMILES string of the molecule is CO[C@H]1CCN(Cc2ccncc2N)C1. The van der Waals surface area contributed by atoms with Crippen LogP contribution < -0.4 is 5.73 Å². The highest BCUT2D eigenvalue weighted by Crippen LogP contribution is 2.17. The van der Waals surface area contributed by atoms with Gasteiger partial charge in [-0.1, -0.05) is 0 Å². The summed E-state index contributed by atoms with van der Waals surface area (Å²) >= 11 is 0. The first-order valence-electron chi connectivity index (χ1n) is 5.23. The molecule has 1 fully saturated rings. The average molecular weight is 207 g/mol. The van der Waals surface area contributed by atoms with Gasteiger partial charge in [0.1, 0.15) is 0 Å². The van der Waals surface area contributed by atoms with Crippen LogP contribution in [0.1, 0.15) is 12.0 Å². The van der Waals surface area contributed by atoms with E-state index >= 15 is 0 Å². The monoisotopic (exact) mass is 207 g/mol. The Balaban J connectivity index is 1.96. The van der Waals surface area contributed by atoms with E-state index in [1.165, 1.54) is 0 Å². The van der Waals surface area contributed by atoms with Gasteiger partial charge in [-0.05, 0) is 18.1 Å². The predicted molar refractivity (Wildman–Crippen MR) is 59.3 cm³/mol. The molecular weight excluding hydrogens is 190 g/mol. The van der Waals surface area contributed by atoms with Gasteiger partial charge in [0.15, 0.2) is 0 Å². The summed E-state index contributed by atoms with van der Waals surface area (Å²) in [7, 11) is 1.77. The molecule has 0 spiro atoms. The predicted octanol–water partition coefficient (Wildman–Crippen LogP) is 0.884. The molecule has 4 nitrogen and oxygen atoms in total. The molecule has 82 valence electrons. The van der Waals surface area contributed by atoms with Crippen LogP contribution in [0, 0.1) is 0 Å². The number of nitrogens with two attached hydrogens (primary N) is 1. The summed E-state index contributed by atoms with van der Waals surface area (Å²) in [6.45, 7) is 2.98. The maximum atomic E-state index is 5.85. The van der Waals surface area contributed by atoms with Crippen LogP contribution in [0.3, 0.4) is 0 Å². The molecule has 0 unspecified atom stereocenters. The lowest BCUT2D eigenvalue weighted by molar-refractivity contribution is 0.107. The van der Waals surface area contributed by atoms with E-state index in [-0.39, 0.29) is 0 Å². The second-order valence-electron chi connectivity index (χ2n) is 3.96. The molecule has 0 radical (unpaired) electrons. The molecule has 15 heavy (non-hydrogen) atoms. The van der Waals surface area contributed by atoms with Gasteiger partial charge in [-0.25, -0.2) is 0 Å². The number of nitrogen functional groups attached to an aromatic ring is 1. The first kappa shape index (κ1) is 10.4. The number of nitrogens with zero attached hydrogens (tertiary/aromatic N) is 2. The Morgan fingerprint density at radius 1 is 1.67 bits per heavy atom. The molecule has 1 aliphatic heterocycles. The number of ether oxygens (including phenoxy) is 1. The highest BCUT2D eigenvalue weighted by atomic mass is 16.5. The number of hydrogen-bond donors (Lipinski definition) is 1. The lowest BCUT2D eigenvalue weighted by Crippen LogP contribution is -2.22. The fraction of sp³-hybridized carbons (Fsp3) is 0.545. The zero-order valence-electron chi connectivity index (χ0n) is 9.02. The van der Waals surface area contributed by atoms with E-state index in [9.17, 15) is 0 Å². The smallest absolute Gasteiger partial charge is 0.0710 e. The van der Waals surface area contributed by atoms with Crippen molar-refractivity contribution in [3.8, 4) is 0 Å². The van der Waals surface area contributed by atoms with E-state index in [0.717, 1.165) is 37.3 Å². The van der Waals surface area contributed by atoms with Crippen molar-refractivity contribution in [2.75, 3.05) is 25.9 Å². The fourth-order valence-corrected chi connectivity index (χ4v) is 1.95. The molecule has 2 rings (SSSR count). The second-order valence-corrected chi connectivity index (χ2v) is 3.96. The molecule has 1 atom stereocenters. The van der Waals surface area contributed by atoms with Gasteiger partial charge in [-0.2, -0.15) is 0 Å². The number of methoxy groups -OCH3 is 1. The highest BCUT2D eigenvalue weighted by Gasteiger charge is 2.22. The van der Waals surface area contributed by atoms with E-state index < -0.39 is 0 Å². The Labute approximate surface area is 90.0 Å². The van der Waals surface area contributed by atoms with Crippen LogP contribution >= 0.6 is 0 Å². The molecule has 2 N–H and O–H groups in total. The molecule has 0 amide bonds. The molecule has 0 saturated carbocycles. The van der Waals surface area contributed by atoms with Gasteiger partial charge < -0.3 is 10.5 Å². The number of likely N-dealkylation sites (tertiary alicyclic amines) is 1. The summed E-state index contributed by atoms with van der Waals surface area (Å²) in [5.41, 5.74) is 7.78. The van der Waals surface area contributed by atoms with Gasteiger partial charge in [0.05, 0.1) is 18.0 Å². The zero-order chi connectivity index (χ0) is 10.7. The van der Waals surface area contributed by atoms with Crippen LogP contribution in [-0.4, -0.2) is 36.2 Å². The lowest BCUT2D eigenvalue weighted by atomic mass is 10.2. The first-order valence-corrected chi connectivity index (χ1v) is 5.23. The normalized spacial score (nSPS) is 22.1. The van der Waals surface area contributed by atoms with Crippen molar-refractivity contribution >= 4 is 5.69 Å². The van der Waals surface area contributed by atoms with Gasteiger partial charge >= 0.3 is 0 Å². The topological polar surface area (TPSA) is 51.4 Å². The van der Waals surface area contributed by atoms with Crippen LogP contribution in [0.5, 0.6) is 0 Å². The fourth-order valence-electron chi connectivity index (χ4n) is 1.95. The summed E-state index contributed by atoms with van der Waals surface area (Å²) in [4.78, 5) is 6.34. The van der Waals surface area contributed by atoms with Crippen molar-refractivity contribution in [3.63, 3.8) is 0 Å². The van der Waals surface area contributed by atoms with E-state index in [1.807, 2.05) is 6.07 Å². The van der Waals surface area contributed by atoms with Crippen molar-refractivity contribution in [1.82, 2.24) is 9.88 Å². The quantitative estimate of drug-likeness (QED) is 0.799. The summed E-state index contributed by atoms with van der Waals surface area (Å²) in [6.07, 6.45) is 4.99. The number of pyridine rings is 1. The molecule has 4 heteroatoms. The van der Waals surface area contributed by atoms with Crippen molar-refractivity contribution in [3.05, 3.63) is 24.0 Å². The minimum atomic E-state index is 0.382. The zero-order valence-corrected chi connectivity index (χ0v) is 9.02. The standard InChI is InChI=1S/C11H17N3O/c1-15-10-3-5-14(8-10)7-9-2-4-13-6-11(9)12/h2,4,6,10H,3,5,7-8,12H2,1H3/t10-/m0/s1. The summed E-state index contributed by atoms with van der Waals surface area (Å²) in [5.74, 6) is 0. The Bertz CT molecular complexity index is 329. The lowest BCUT2D eigenvalue weighted by Gasteiger charge is -2.16.